The van der Waals surface area contributed by atoms with Gasteiger partial charge in [0.15, 0.2) is 0 Å². The minimum absolute atomic E-state index is 0.0564. The van der Waals surface area contributed by atoms with Gasteiger partial charge in [0.1, 0.15) is 0 Å². The van der Waals surface area contributed by atoms with E-state index in [1.807, 2.05) is 41.2 Å². The number of benzene rings is 1. The van der Waals surface area contributed by atoms with Gasteiger partial charge < -0.3 is 10.4 Å². The van der Waals surface area contributed by atoms with Gasteiger partial charge >= 0.3 is 0 Å². The molecule has 2 aromatic rings. The van der Waals surface area contributed by atoms with Gasteiger partial charge in [-0.2, -0.15) is 0 Å². The van der Waals surface area contributed by atoms with Gasteiger partial charge in [0.05, 0.1) is 18.2 Å². The smallest absolute Gasteiger partial charge is 0.229 e. The Hall–Kier alpha value is -2.25. The predicted molar refractivity (Wildman–Crippen MR) is 97.5 cm³/mol. The molecule has 1 aromatic carbocycles. The van der Waals surface area contributed by atoms with Crippen LogP contribution in [0.4, 0.5) is 5.69 Å². The van der Waals surface area contributed by atoms with Gasteiger partial charge in [-0.05, 0) is 37.4 Å². The van der Waals surface area contributed by atoms with E-state index in [2.05, 4.69) is 20.5 Å². The summed E-state index contributed by atoms with van der Waals surface area (Å²) in [6, 6.07) is 10.1. The zero-order valence-electron chi connectivity index (χ0n) is 14.8. The lowest BCUT2D eigenvalue weighted by Crippen LogP contribution is -2.57. The lowest BCUT2D eigenvalue weighted by atomic mass is 9.75. The molecule has 7 nitrogen and oxygen atoms in total. The van der Waals surface area contributed by atoms with Crippen LogP contribution in [0.3, 0.4) is 0 Å². The summed E-state index contributed by atoms with van der Waals surface area (Å²) in [6.45, 7) is 2.74. The van der Waals surface area contributed by atoms with Crippen LogP contribution in [0.1, 0.15) is 18.5 Å². The summed E-state index contributed by atoms with van der Waals surface area (Å²) in [6.07, 6.45) is 4.55. The van der Waals surface area contributed by atoms with Crippen molar-refractivity contribution in [2.75, 3.05) is 25.0 Å². The third kappa shape index (κ3) is 3.64. The van der Waals surface area contributed by atoms with Crippen LogP contribution >= 0.6 is 0 Å². The molecule has 3 aliphatic rings. The van der Waals surface area contributed by atoms with E-state index >= 15 is 0 Å². The van der Waals surface area contributed by atoms with E-state index in [0.717, 1.165) is 43.9 Å². The fourth-order valence-electron chi connectivity index (χ4n) is 4.25. The molecule has 4 atom stereocenters. The Bertz CT molecular complexity index is 747. The van der Waals surface area contributed by atoms with E-state index in [4.69, 9.17) is 5.11 Å². The van der Waals surface area contributed by atoms with Gasteiger partial charge in [0.25, 0.3) is 0 Å². The Kier molecular flexibility index (Phi) is 4.99. The van der Waals surface area contributed by atoms with Crippen molar-refractivity contribution in [3.8, 4) is 0 Å². The molecule has 0 aliphatic carbocycles. The van der Waals surface area contributed by atoms with Crippen LogP contribution in [0.5, 0.6) is 0 Å². The molecule has 1 amide bonds. The summed E-state index contributed by atoms with van der Waals surface area (Å²) in [7, 11) is 0. The number of aliphatic hydroxyl groups is 1. The number of para-hydroxylation sites is 1. The molecule has 0 spiro atoms. The Morgan fingerprint density at radius 1 is 1.31 bits per heavy atom. The number of aliphatic hydroxyl groups excluding tert-OH is 1. The molecule has 2 bridgehead atoms. The van der Waals surface area contributed by atoms with Crippen LogP contribution in [0.25, 0.3) is 0 Å². The maximum absolute atomic E-state index is 12.7. The second-order valence-electron chi connectivity index (χ2n) is 7.30. The molecule has 3 saturated heterocycles. The van der Waals surface area contributed by atoms with E-state index in [-0.39, 0.29) is 18.4 Å². The van der Waals surface area contributed by atoms with E-state index in [1.54, 1.807) is 0 Å². The highest BCUT2D eigenvalue weighted by molar-refractivity contribution is 5.93. The largest absolute Gasteiger partial charge is 0.396 e. The van der Waals surface area contributed by atoms with Crippen LogP contribution in [0.2, 0.25) is 0 Å². The topological polar surface area (TPSA) is 83.3 Å². The van der Waals surface area contributed by atoms with Gasteiger partial charge in [-0.15, -0.1) is 5.10 Å². The number of amides is 1. The normalized spacial score (nSPS) is 27.4. The zero-order chi connectivity index (χ0) is 17.9. The van der Waals surface area contributed by atoms with Crippen molar-refractivity contribution in [3.63, 3.8) is 0 Å². The van der Waals surface area contributed by atoms with Gasteiger partial charge in [-0.1, -0.05) is 23.4 Å². The number of nitrogens with one attached hydrogen (secondary N) is 1. The second-order valence-corrected chi connectivity index (χ2v) is 7.30. The van der Waals surface area contributed by atoms with Gasteiger partial charge in [-0.3, -0.25) is 14.4 Å². The molecular formula is C19H25N5O2. The van der Waals surface area contributed by atoms with E-state index in [0.29, 0.717) is 18.4 Å². The lowest BCUT2D eigenvalue weighted by Gasteiger charge is -2.49. The summed E-state index contributed by atoms with van der Waals surface area (Å²) >= 11 is 0. The molecule has 2 N–H and O–H groups in total. The average Bonchev–Trinajstić information content (AvgIpc) is 3.10. The van der Waals surface area contributed by atoms with Gasteiger partial charge in [0.2, 0.25) is 5.91 Å². The fourth-order valence-corrected chi connectivity index (χ4v) is 4.25. The molecule has 1 aromatic heterocycles. The molecule has 3 fully saturated rings. The standard InChI is InChI=1S/C19H25N5O2/c25-9-7-16-11-24(22-21-16)12-17-10-14-6-8-23(17)13-18(14)19(26)20-15-4-2-1-3-5-15/h1-5,11,14,17-18,25H,6-10,12-13H2,(H,20,26). The third-order valence-corrected chi connectivity index (χ3v) is 5.61. The fraction of sp³-hybridized carbons (Fsp3) is 0.526. The summed E-state index contributed by atoms with van der Waals surface area (Å²) in [5.74, 6) is 0.616. The minimum atomic E-state index is 0.0564. The van der Waals surface area contributed by atoms with Crippen molar-refractivity contribution in [2.24, 2.45) is 11.8 Å². The maximum atomic E-state index is 12.7. The van der Waals surface area contributed by atoms with Crippen LogP contribution in [-0.4, -0.2) is 56.6 Å². The van der Waals surface area contributed by atoms with Crippen molar-refractivity contribution < 1.29 is 9.90 Å². The number of rotatable bonds is 6. The Labute approximate surface area is 153 Å². The van der Waals surface area contributed by atoms with E-state index in [1.165, 1.54) is 0 Å². The highest BCUT2D eigenvalue weighted by atomic mass is 16.3. The van der Waals surface area contributed by atoms with E-state index < -0.39 is 0 Å². The predicted octanol–water partition coefficient (Wildman–Crippen LogP) is 1.16. The maximum Gasteiger partial charge on any atom is 0.229 e. The SMILES string of the molecule is O=C(Nc1ccccc1)C1CN2CCC1CC2Cn1cc(CCO)nn1. The van der Waals surface area contributed by atoms with Crippen LogP contribution in [-0.2, 0) is 17.8 Å². The van der Waals surface area contributed by atoms with Crippen LogP contribution in [0.15, 0.2) is 36.5 Å². The van der Waals surface area contributed by atoms with Crippen molar-refractivity contribution in [3.05, 3.63) is 42.2 Å². The second kappa shape index (κ2) is 7.55. The number of hydrogen-bond acceptors (Lipinski definition) is 5. The highest BCUT2D eigenvalue weighted by Crippen LogP contribution is 2.37. The van der Waals surface area contributed by atoms with Crippen molar-refractivity contribution in [2.45, 2.75) is 31.8 Å². The molecular weight excluding hydrogens is 330 g/mol. The number of anilines is 1. The Morgan fingerprint density at radius 3 is 2.88 bits per heavy atom. The lowest BCUT2D eigenvalue weighted by molar-refractivity contribution is -0.127. The first kappa shape index (κ1) is 17.2. The molecule has 4 heterocycles. The molecule has 7 heteroatoms. The molecule has 5 rings (SSSR count). The number of fused-ring (bicyclic) bond motifs is 3. The number of carbonyl (C=O) groups is 1. The minimum Gasteiger partial charge on any atom is -0.396 e. The third-order valence-electron chi connectivity index (χ3n) is 5.61. The summed E-state index contributed by atoms with van der Waals surface area (Å²) in [5.41, 5.74) is 1.69. The Morgan fingerprint density at radius 2 is 2.15 bits per heavy atom. The molecule has 0 saturated carbocycles. The summed E-state index contributed by atoms with van der Waals surface area (Å²) < 4.78 is 1.87. The van der Waals surface area contributed by atoms with Crippen molar-refractivity contribution >= 4 is 11.6 Å². The van der Waals surface area contributed by atoms with Gasteiger partial charge in [-0.25, -0.2) is 0 Å². The molecule has 0 radical (unpaired) electrons. The van der Waals surface area contributed by atoms with Gasteiger partial charge in [0, 0.05) is 37.5 Å². The summed E-state index contributed by atoms with van der Waals surface area (Å²) in [4.78, 5) is 15.1. The number of carbonyl (C=O) groups excluding carboxylic acids is 1. The quantitative estimate of drug-likeness (QED) is 0.813. The van der Waals surface area contributed by atoms with E-state index in [9.17, 15) is 4.79 Å². The zero-order valence-corrected chi connectivity index (χ0v) is 14.8. The molecule has 4 unspecified atom stereocenters. The van der Waals surface area contributed by atoms with Crippen molar-refractivity contribution in [1.82, 2.24) is 19.9 Å². The Balaban J connectivity index is 1.37. The molecule has 3 aliphatic heterocycles. The van der Waals surface area contributed by atoms with Crippen molar-refractivity contribution in [1.29, 1.82) is 0 Å². The van der Waals surface area contributed by atoms with Crippen LogP contribution < -0.4 is 5.32 Å². The first-order valence-electron chi connectivity index (χ1n) is 9.33. The monoisotopic (exact) mass is 355 g/mol. The number of hydrogen-bond donors (Lipinski definition) is 2. The summed E-state index contributed by atoms with van der Waals surface area (Å²) in [5, 5.41) is 20.3. The number of aromatic nitrogens is 3. The van der Waals surface area contributed by atoms with Crippen LogP contribution in [0, 0.1) is 11.8 Å². The molecule has 138 valence electrons. The highest BCUT2D eigenvalue weighted by Gasteiger charge is 2.43. The average molecular weight is 355 g/mol. The first-order valence-corrected chi connectivity index (χ1v) is 9.33. The number of piperidine rings is 3. The first-order chi connectivity index (χ1) is 12.7. The molecule has 26 heavy (non-hydrogen) atoms. The number of nitrogens with zero attached hydrogens (tertiary/aromatic N) is 4.